The van der Waals surface area contributed by atoms with Crippen LogP contribution in [0.5, 0.6) is 5.75 Å². The van der Waals surface area contributed by atoms with E-state index in [1.165, 1.54) is 59.0 Å². The molecular weight excluding hydrogens is 475 g/mol. The fourth-order valence-electron chi connectivity index (χ4n) is 3.25. The van der Waals surface area contributed by atoms with Gasteiger partial charge in [0.1, 0.15) is 18.2 Å². The molecule has 0 fully saturated rings. The van der Waals surface area contributed by atoms with Gasteiger partial charge in [0.15, 0.2) is 11.0 Å². The van der Waals surface area contributed by atoms with Gasteiger partial charge in [-0.25, -0.2) is 14.1 Å². The lowest BCUT2D eigenvalue weighted by atomic mass is 10.1. The molecule has 0 aliphatic rings. The molecule has 0 radical (unpaired) electrons. The van der Waals surface area contributed by atoms with Crippen molar-refractivity contribution in [2.24, 2.45) is 0 Å². The SMILES string of the molecule is CC(=O)N(c1nc(CSc2nnc(COc3ccc(F)cc3)n2N)cs1)c1ccc(C)cc1C. The van der Waals surface area contributed by atoms with Crippen molar-refractivity contribution in [2.75, 3.05) is 10.7 Å². The number of hydrogen-bond donors (Lipinski definition) is 1. The van der Waals surface area contributed by atoms with Crippen LogP contribution in [0.3, 0.4) is 0 Å². The average molecular weight is 499 g/mol. The molecule has 2 aromatic heterocycles. The number of thioether (sulfide) groups is 1. The van der Waals surface area contributed by atoms with Gasteiger partial charge in [-0.1, -0.05) is 29.5 Å². The number of carbonyl (C=O) groups is 1. The lowest BCUT2D eigenvalue weighted by Crippen LogP contribution is -2.23. The molecule has 0 atom stereocenters. The fraction of sp³-hybridized carbons (Fsp3) is 0.217. The van der Waals surface area contributed by atoms with E-state index in [0.717, 1.165) is 22.5 Å². The quantitative estimate of drug-likeness (QED) is 0.276. The number of hydrogen-bond acceptors (Lipinski definition) is 8. The molecule has 0 unspecified atom stereocenters. The lowest BCUT2D eigenvalue weighted by molar-refractivity contribution is -0.115. The number of thiazole rings is 1. The molecule has 2 N–H and O–H groups in total. The molecule has 11 heteroatoms. The number of anilines is 2. The topological polar surface area (TPSA) is 99.2 Å². The first-order valence-electron chi connectivity index (χ1n) is 10.3. The van der Waals surface area contributed by atoms with E-state index in [-0.39, 0.29) is 18.3 Å². The number of benzene rings is 2. The molecule has 4 aromatic rings. The molecule has 0 saturated carbocycles. The predicted molar refractivity (Wildman–Crippen MR) is 131 cm³/mol. The van der Waals surface area contributed by atoms with Crippen molar-refractivity contribution >= 4 is 39.8 Å². The first-order valence-corrected chi connectivity index (χ1v) is 12.2. The number of nitrogens with zero attached hydrogens (tertiary/aromatic N) is 5. The minimum Gasteiger partial charge on any atom is -0.486 e. The second-order valence-corrected chi connectivity index (χ2v) is 9.34. The van der Waals surface area contributed by atoms with Crippen LogP contribution in [-0.2, 0) is 17.2 Å². The highest BCUT2D eigenvalue weighted by atomic mass is 32.2. The van der Waals surface area contributed by atoms with Crippen molar-refractivity contribution in [3.8, 4) is 5.75 Å². The maximum Gasteiger partial charge on any atom is 0.230 e. The molecule has 8 nitrogen and oxygen atoms in total. The molecule has 0 bridgehead atoms. The Labute approximate surface area is 204 Å². The smallest absolute Gasteiger partial charge is 0.230 e. The van der Waals surface area contributed by atoms with Gasteiger partial charge in [-0.3, -0.25) is 9.69 Å². The minimum atomic E-state index is -0.335. The van der Waals surface area contributed by atoms with E-state index < -0.39 is 0 Å². The van der Waals surface area contributed by atoms with Crippen LogP contribution in [-0.4, -0.2) is 25.8 Å². The van der Waals surface area contributed by atoms with E-state index in [1.807, 2.05) is 37.4 Å². The van der Waals surface area contributed by atoms with Crippen molar-refractivity contribution in [3.63, 3.8) is 0 Å². The van der Waals surface area contributed by atoms with E-state index in [9.17, 15) is 9.18 Å². The molecule has 2 heterocycles. The molecule has 0 aliphatic heterocycles. The summed E-state index contributed by atoms with van der Waals surface area (Å²) < 4.78 is 20.0. The molecule has 4 rings (SSSR count). The molecular formula is C23H23FN6O2S2. The summed E-state index contributed by atoms with van der Waals surface area (Å²) in [6, 6.07) is 11.7. The fourth-order valence-corrected chi connectivity index (χ4v) is 5.00. The molecule has 1 amide bonds. The Morgan fingerprint density at radius 3 is 2.68 bits per heavy atom. The monoisotopic (exact) mass is 498 g/mol. The van der Waals surface area contributed by atoms with Crippen LogP contribution in [0.25, 0.3) is 0 Å². The Kier molecular flexibility index (Phi) is 7.13. The summed E-state index contributed by atoms with van der Waals surface area (Å²) >= 11 is 2.78. The zero-order chi connectivity index (χ0) is 24.2. The third-order valence-electron chi connectivity index (χ3n) is 4.90. The zero-order valence-corrected chi connectivity index (χ0v) is 20.5. The van der Waals surface area contributed by atoms with E-state index in [2.05, 4.69) is 15.2 Å². The number of aryl methyl sites for hydroxylation is 2. The van der Waals surface area contributed by atoms with Crippen molar-refractivity contribution in [3.05, 3.63) is 76.3 Å². The van der Waals surface area contributed by atoms with Crippen LogP contribution in [0, 0.1) is 19.7 Å². The Balaban J connectivity index is 1.41. The maximum atomic E-state index is 13.0. The van der Waals surface area contributed by atoms with Crippen LogP contribution >= 0.6 is 23.1 Å². The lowest BCUT2D eigenvalue weighted by Gasteiger charge is -2.20. The van der Waals surface area contributed by atoms with E-state index in [0.29, 0.717) is 27.6 Å². The molecule has 2 aromatic carbocycles. The highest BCUT2D eigenvalue weighted by molar-refractivity contribution is 7.98. The number of nitrogen functional groups attached to an aromatic ring is 1. The summed E-state index contributed by atoms with van der Waals surface area (Å²) in [5.74, 6) is 7.12. The van der Waals surface area contributed by atoms with Crippen LogP contribution < -0.4 is 15.5 Å². The highest BCUT2D eigenvalue weighted by Crippen LogP contribution is 2.33. The van der Waals surface area contributed by atoms with Gasteiger partial charge in [0, 0.05) is 18.1 Å². The number of halogens is 1. The van der Waals surface area contributed by atoms with Gasteiger partial charge >= 0.3 is 0 Å². The Morgan fingerprint density at radius 1 is 1.21 bits per heavy atom. The summed E-state index contributed by atoms with van der Waals surface area (Å²) in [7, 11) is 0. The van der Waals surface area contributed by atoms with Crippen LogP contribution in [0.4, 0.5) is 15.2 Å². The second-order valence-electron chi connectivity index (χ2n) is 7.57. The summed E-state index contributed by atoms with van der Waals surface area (Å²) in [5.41, 5.74) is 3.76. The summed E-state index contributed by atoms with van der Waals surface area (Å²) in [6.07, 6.45) is 0. The Morgan fingerprint density at radius 2 is 1.97 bits per heavy atom. The standard InChI is InChI=1S/C23H23FN6O2S2/c1-14-4-9-20(15(2)10-14)29(16(3)31)22-26-18(12-33-22)13-34-23-28-27-21(30(23)25)11-32-19-7-5-17(24)6-8-19/h4-10,12H,11,13,25H2,1-3H3. The van der Waals surface area contributed by atoms with Crippen LogP contribution in [0.2, 0.25) is 0 Å². The molecule has 34 heavy (non-hydrogen) atoms. The largest absolute Gasteiger partial charge is 0.486 e. The third-order valence-corrected chi connectivity index (χ3v) is 6.76. The van der Waals surface area contributed by atoms with E-state index >= 15 is 0 Å². The highest BCUT2D eigenvalue weighted by Gasteiger charge is 2.20. The van der Waals surface area contributed by atoms with Gasteiger partial charge in [-0.15, -0.1) is 21.5 Å². The van der Waals surface area contributed by atoms with E-state index in [4.69, 9.17) is 10.6 Å². The predicted octanol–water partition coefficient (Wildman–Crippen LogP) is 4.76. The number of rotatable bonds is 8. The number of nitrogens with two attached hydrogens (primary N) is 1. The second kappa shape index (κ2) is 10.2. The molecule has 176 valence electrons. The first kappa shape index (κ1) is 23.7. The van der Waals surface area contributed by atoms with Crippen LogP contribution in [0.1, 0.15) is 29.6 Å². The van der Waals surface area contributed by atoms with Gasteiger partial charge in [-0.05, 0) is 49.7 Å². The molecule has 0 aliphatic carbocycles. The van der Waals surface area contributed by atoms with E-state index in [1.54, 1.807) is 4.90 Å². The van der Waals surface area contributed by atoms with Crippen molar-refractivity contribution < 1.29 is 13.9 Å². The normalized spacial score (nSPS) is 10.9. The van der Waals surface area contributed by atoms with Crippen molar-refractivity contribution in [1.29, 1.82) is 0 Å². The number of amides is 1. The third kappa shape index (κ3) is 5.37. The minimum absolute atomic E-state index is 0.0972. The number of aromatic nitrogens is 4. The van der Waals surface area contributed by atoms with Gasteiger partial charge in [0.05, 0.1) is 11.4 Å². The van der Waals surface area contributed by atoms with Gasteiger partial charge in [-0.2, -0.15) is 0 Å². The molecule has 0 saturated heterocycles. The number of carbonyl (C=O) groups excluding carboxylic acids is 1. The molecule has 0 spiro atoms. The average Bonchev–Trinajstić information content (AvgIpc) is 3.40. The van der Waals surface area contributed by atoms with Gasteiger partial charge in [0.25, 0.3) is 0 Å². The first-order chi connectivity index (χ1) is 16.3. The zero-order valence-electron chi connectivity index (χ0n) is 18.9. The van der Waals surface area contributed by atoms with Gasteiger partial charge < -0.3 is 10.6 Å². The summed E-state index contributed by atoms with van der Waals surface area (Å²) in [5, 5.41) is 11.2. The Bertz CT molecular complexity index is 1310. The number of ether oxygens (including phenoxy) is 1. The summed E-state index contributed by atoms with van der Waals surface area (Å²) in [4.78, 5) is 18.7. The van der Waals surface area contributed by atoms with Gasteiger partial charge in [0.2, 0.25) is 11.1 Å². The summed E-state index contributed by atoms with van der Waals surface area (Å²) in [6.45, 7) is 5.62. The van der Waals surface area contributed by atoms with Crippen molar-refractivity contribution in [2.45, 2.75) is 38.3 Å². The van der Waals surface area contributed by atoms with Crippen molar-refractivity contribution in [1.82, 2.24) is 19.9 Å². The Hall–Kier alpha value is -3.44. The van der Waals surface area contributed by atoms with Crippen LogP contribution in [0.15, 0.2) is 53.0 Å². The maximum absolute atomic E-state index is 13.0.